The van der Waals surface area contributed by atoms with Gasteiger partial charge in [0.05, 0.1) is 26.0 Å². The van der Waals surface area contributed by atoms with Crippen molar-refractivity contribution in [3.8, 4) is 22.8 Å². The lowest BCUT2D eigenvalue weighted by atomic mass is 10.1. The van der Waals surface area contributed by atoms with Crippen LogP contribution >= 0.6 is 0 Å². The Balaban J connectivity index is 1.96. The van der Waals surface area contributed by atoms with Crippen molar-refractivity contribution in [2.45, 2.75) is 6.10 Å². The minimum absolute atomic E-state index is 0.00294. The first-order chi connectivity index (χ1) is 10.6. The van der Waals surface area contributed by atoms with E-state index in [0.29, 0.717) is 30.4 Å². The standard InChI is InChI=1S/C15H16N2O5/c1-17-12(6-11(16-17)15(18)19)9-3-4-13(20-2)14(5-9)22-10-7-21-8-10/h3-6,10H,7-8H2,1-2H3,(H,18,19). The van der Waals surface area contributed by atoms with Gasteiger partial charge in [-0.15, -0.1) is 0 Å². The molecule has 0 saturated carbocycles. The number of ether oxygens (including phenoxy) is 3. The molecular formula is C15H16N2O5. The topological polar surface area (TPSA) is 82.8 Å². The second-order valence-corrected chi connectivity index (χ2v) is 4.99. The van der Waals surface area contributed by atoms with Crippen LogP contribution in [0.2, 0.25) is 0 Å². The number of carboxylic acids is 1. The van der Waals surface area contributed by atoms with Crippen molar-refractivity contribution >= 4 is 5.97 Å². The van der Waals surface area contributed by atoms with Crippen LogP contribution < -0.4 is 9.47 Å². The molecule has 0 unspecified atom stereocenters. The molecule has 0 atom stereocenters. The average molecular weight is 304 g/mol. The summed E-state index contributed by atoms with van der Waals surface area (Å²) >= 11 is 0. The molecule has 1 aliphatic rings. The SMILES string of the molecule is COc1ccc(-c2cc(C(=O)O)nn2C)cc1OC1COC1. The van der Waals surface area contributed by atoms with Crippen LogP contribution in [0.3, 0.4) is 0 Å². The highest BCUT2D eigenvalue weighted by Crippen LogP contribution is 2.34. The number of hydrogen-bond acceptors (Lipinski definition) is 5. The van der Waals surface area contributed by atoms with Gasteiger partial charge in [-0.1, -0.05) is 0 Å². The first-order valence-corrected chi connectivity index (χ1v) is 6.78. The summed E-state index contributed by atoms with van der Waals surface area (Å²) in [4.78, 5) is 11.0. The van der Waals surface area contributed by atoms with Crippen LogP contribution in [0.1, 0.15) is 10.5 Å². The molecule has 0 aliphatic carbocycles. The van der Waals surface area contributed by atoms with Crippen LogP contribution in [-0.2, 0) is 11.8 Å². The van der Waals surface area contributed by atoms with Gasteiger partial charge in [0.15, 0.2) is 17.2 Å². The van der Waals surface area contributed by atoms with Crippen LogP contribution in [0.5, 0.6) is 11.5 Å². The number of carboxylic acid groups (broad SMARTS) is 1. The minimum Gasteiger partial charge on any atom is -0.493 e. The first-order valence-electron chi connectivity index (χ1n) is 6.78. The Morgan fingerprint density at radius 1 is 1.36 bits per heavy atom. The third kappa shape index (κ3) is 2.62. The zero-order valence-corrected chi connectivity index (χ0v) is 12.3. The highest BCUT2D eigenvalue weighted by atomic mass is 16.6. The maximum atomic E-state index is 11.0. The van der Waals surface area contributed by atoms with Crippen LogP contribution in [-0.4, -0.2) is 47.3 Å². The predicted octanol–water partition coefficient (Wildman–Crippen LogP) is 1.57. The molecule has 2 aromatic rings. The van der Waals surface area contributed by atoms with Gasteiger partial charge in [-0.2, -0.15) is 5.10 Å². The van der Waals surface area contributed by atoms with Gasteiger partial charge < -0.3 is 19.3 Å². The molecule has 2 heterocycles. The monoisotopic (exact) mass is 304 g/mol. The summed E-state index contributed by atoms with van der Waals surface area (Å²) in [7, 11) is 3.28. The molecule has 3 rings (SSSR count). The molecule has 1 aromatic carbocycles. The summed E-state index contributed by atoms with van der Waals surface area (Å²) < 4.78 is 17.8. The number of hydrogen-bond donors (Lipinski definition) is 1. The summed E-state index contributed by atoms with van der Waals surface area (Å²) in [6.07, 6.45) is 0.0188. The number of methoxy groups -OCH3 is 1. The van der Waals surface area contributed by atoms with Crippen molar-refractivity contribution in [2.75, 3.05) is 20.3 Å². The number of carbonyl (C=O) groups is 1. The van der Waals surface area contributed by atoms with Gasteiger partial charge in [0.25, 0.3) is 0 Å². The Morgan fingerprint density at radius 2 is 2.14 bits per heavy atom. The fourth-order valence-corrected chi connectivity index (χ4v) is 2.23. The van der Waals surface area contributed by atoms with E-state index >= 15 is 0 Å². The fraction of sp³-hybridized carbons (Fsp3) is 0.333. The molecule has 1 aliphatic heterocycles. The summed E-state index contributed by atoms with van der Waals surface area (Å²) in [5.41, 5.74) is 1.50. The van der Waals surface area contributed by atoms with E-state index < -0.39 is 5.97 Å². The smallest absolute Gasteiger partial charge is 0.356 e. The van der Waals surface area contributed by atoms with E-state index in [1.54, 1.807) is 20.2 Å². The van der Waals surface area contributed by atoms with Crippen LogP contribution in [0.4, 0.5) is 0 Å². The molecule has 0 bridgehead atoms. The Morgan fingerprint density at radius 3 is 2.68 bits per heavy atom. The maximum Gasteiger partial charge on any atom is 0.356 e. The van der Waals surface area contributed by atoms with E-state index in [4.69, 9.17) is 19.3 Å². The molecule has 0 radical (unpaired) electrons. The van der Waals surface area contributed by atoms with Gasteiger partial charge in [-0.25, -0.2) is 4.79 Å². The van der Waals surface area contributed by atoms with E-state index in [1.165, 1.54) is 10.7 Å². The Kier molecular flexibility index (Phi) is 3.72. The van der Waals surface area contributed by atoms with Gasteiger partial charge in [0, 0.05) is 12.6 Å². The molecule has 1 N–H and O–H groups in total. The Bertz CT molecular complexity index is 706. The molecule has 7 nitrogen and oxygen atoms in total. The number of aromatic nitrogens is 2. The summed E-state index contributed by atoms with van der Waals surface area (Å²) in [6, 6.07) is 6.98. The van der Waals surface area contributed by atoms with Crippen LogP contribution in [0, 0.1) is 0 Å². The van der Waals surface area contributed by atoms with Crippen molar-refractivity contribution in [3.63, 3.8) is 0 Å². The number of rotatable bonds is 5. The molecule has 0 amide bonds. The van der Waals surface area contributed by atoms with E-state index in [1.807, 2.05) is 12.1 Å². The lowest BCUT2D eigenvalue weighted by Crippen LogP contribution is -2.38. The van der Waals surface area contributed by atoms with Crippen molar-refractivity contribution in [1.82, 2.24) is 9.78 Å². The van der Waals surface area contributed by atoms with Gasteiger partial charge >= 0.3 is 5.97 Å². The molecule has 1 saturated heterocycles. The maximum absolute atomic E-state index is 11.0. The summed E-state index contributed by atoms with van der Waals surface area (Å²) in [5, 5.41) is 13.0. The lowest BCUT2D eigenvalue weighted by Gasteiger charge is -2.27. The van der Waals surface area contributed by atoms with Crippen molar-refractivity contribution in [2.24, 2.45) is 7.05 Å². The number of benzene rings is 1. The Hall–Kier alpha value is -2.54. The van der Waals surface area contributed by atoms with E-state index in [9.17, 15) is 4.79 Å². The predicted molar refractivity (Wildman–Crippen MR) is 77.4 cm³/mol. The second kappa shape index (κ2) is 5.69. The zero-order valence-electron chi connectivity index (χ0n) is 12.3. The van der Waals surface area contributed by atoms with Crippen molar-refractivity contribution in [3.05, 3.63) is 30.0 Å². The summed E-state index contributed by atoms with van der Waals surface area (Å²) in [6.45, 7) is 1.12. The molecule has 0 spiro atoms. The van der Waals surface area contributed by atoms with Crippen molar-refractivity contribution < 1.29 is 24.1 Å². The van der Waals surface area contributed by atoms with Crippen molar-refractivity contribution in [1.29, 1.82) is 0 Å². The van der Waals surface area contributed by atoms with E-state index in [0.717, 1.165) is 5.56 Å². The van der Waals surface area contributed by atoms with E-state index in [2.05, 4.69) is 5.10 Å². The largest absolute Gasteiger partial charge is 0.493 e. The Labute approximate surface area is 127 Å². The average Bonchev–Trinajstić information content (AvgIpc) is 2.85. The first kappa shape index (κ1) is 14.4. The number of nitrogens with zero attached hydrogens (tertiary/aromatic N) is 2. The molecule has 22 heavy (non-hydrogen) atoms. The third-order valence-electron chi connectivity index (χ3n) is 3.46. The number of aromatic carboxylic acids is 1. The third-order valence-corrected chi connectivity index (χ3v) is 3.46. The normalized spacial score (nSPS) is 14.5. The molecule has 1 aromatic heterocycles. The van der Waals surface area contributed by atoms with Gasteiger partial charge in [-0.3, -0.25) is 4.68 Å². The molecular weight excluding hydrogens is 288 g/mol. The quantitative estimate of drug-likeness (QED) is 0.903. The van der Waals surface area contributed by atoms with Crippen LogP contribution in [0.25, 0.3) is 11.3 Å². The molecule has 116 valence electrons. The minimum atomic E-state index is -1.06. The van der Waals surface area contributed by atoms with Crippen LogP contribution in [0.15, 0.2) is 24.3 Å². The number of aryl methyl sites for hydroxylation is 1. The van der Waals surface area contributed by atoms with E-state index in [-0.39, 0.29) is 11.8 Å². The zero-order chi connectivity index (χ0) is 15.7. The highest BCUT2D eigenvalue weighted by molar-refractivity contribution is 5.87. The molecule has 1 fully saturated rings. The van der Waals surface area contributed by atoms with Gasteiger partial charge in [0.1, 0.15) is 6.10 Å². The highest BCUT2D eigenvalue weighted by Gasteiger charge is 2.22. The summed E-state index contributed by atoms with van der Waals surface area (Å²) in [5.74, 6) is 0.168. The molecule has 7 heteroatoms. The van der Waals surface area contributed by atoms with Gasteiger partial charge in [0.2, 0.25) is 0 Å². The van der Waals surface area contributed by atoms with Gasteiger partial charge in [-0.05, 0) is 24.3 Å². The second-order valence-electron chi connectivity index (χ2n) is 4.99. The fourth-order valence-electron chi connectivity index (χ4n) is 2.23. The lowest BCUT2D eigenvalue weighted by molar-refractivity contribution is -0.0803.